The van der Waals surface area contributed by atoms with Gasteiger partial charge in [0.2, 0.25) is 0 Å². The molecule has 0 saturated heterocycles. The van der Waals surface area contributed by atoms with E-state index in [0.29, 0.717) is 17.9 Å². The standard InChI is InChI=1S/C17H21F2NO3/c1-10-4-3-5-15(11(10)2)20-16(21)9-23-17(22)12-6-13(18)8-14(19)7-12/h6-8,10-11,15H,3-5,9H2,1-2H3,(H,20,21)/t10-,11+,15+/m0/s1. The Balaban J connectivity index is 1.85. The van der Waals surface area contributed by atoms with E-state index < -0.39 is 30.1 Å². The number of esters is 1. The quantitative estimate of drug-likeness (QED) is 0.866. The van der Waals surface area contributed by atoms with Crippen molar-refractivity contribution in [3.05, 3.63) is 35.4 Å². The number of halogens is 2. The molecule has 1 aromatic rings. The molecular weight excluding hydrogens is 304 g/mol. The van der Waals surface area contributed by atoms with Gasteiger partial charge in [0, 0.05) is 12.1 Å². The summed E-state index contributed by atoms with van der Waals surface area (Å²) in [5, 5.41) is 2.86. The molecule has 0 heterocycles. The van der Waals surface area contributed by atoms with E-state index >= 15 is 0 Å². The van der Waals surface area contributed by atoms with Crippen LogP contribution in [0.2, 0.25) is 0 Å². The molecule has 4 nitrogen and oxygen atoms in total. The Hall–Kier alpha value is -1.98. The summed E-state index contributed by atoms with van der Waals surface area (Å²) >= 11 is 0. The van der Waals surface area contributed by atoms with E-state index in [-0.39, 0.29) is 11.6 Å². The molecule has 1 aliphatic rings. The summed E-state index contributed by atoms with van der Waals surface area (Å²) < 4.78 is 30.9. The fourth-order valence-electron chi connectivity index (χ4n) is 2.92. The minimum Gasteiger partial charge on any atom is -0.452 e. The topological polar surface area (TPSA) is 55.4 Å². The Bertz CT molecular complexity index is 571. The third kappa shape index (κ3) is 4.74. The number of amides is 1. The Morgan fingerprint density at radius 1 is 1.17 bits per heavy atom. The van der Waals surface area contributed by atoms with Crippen LogP contribution < -0.4 is 5.32 Å². The second-order valence-corrected chi connectivity index (χ2v) is 6.18. The average Bonchev–Trinajstić information content (AvgIpc) is 2.48. The van der Waals surface area contributed by atoms with Gasteiger partial charge in [-0.25, -0.2) is 13.6 Å². The largest absolute Gasteiger partial charge is 0.452 e. The van der Waals surface area contributed by atoms with Gasteiger partial charge in [0.25, 0.3) is 5.91 Å². The summed E-state index contributed by atoms with van der Waals surface area (Å²) in [5.41, 5.74) is -0.255. The van der Waals surface area contributed by atoms with Gasteiger partial charge in [0.1, 0.15) is 11.6 Å². The number of ether oxygens (including phenoxy) is 1. The number of benzene rings is 1. The van der Waals surface area contributed by atoms with Crippen molar-refractivity contribution in [2.24, 2.45) is 11.8 Å². The molecule has 0 spiro atoms. The molecule has 0 aromatic heterocycles. The van der Waals surface area contributed by atoms with E-state index in [4.69, 9.17) is 4.74 Å². The normalized spacial score (nSPS) is 24.1. The number of hydrogen-bond acceptors (Lipinski definition) is 3. The SMILES string of the molecule is C[C@@H]1[C@@H](C)CCC[C@H]1NC(=O)COC(=O)c1cc(F)cc(F)c1. The van der Waals surface area contributed by atoms with Crippen molar-refractivity contribution in [1.82, 2.24) is 5.32 Å². The summed E-state index contributed by atoms with van der Waals surface area (Å²) in [6.45, 7) is 3.78. The highest BCUT2D eigenvalue weighted by molar-refractivity contribution is 5.91. The first-order valence-corrected chi connectivity index (χ1v) is 7.79. The van der Waals surface area contributed by atoms with Crippen molar-refractivity contribution in [3.8, 4) is 0 Å². The molecule has 0 bridgehead atoms. The van der Waals surface area contributed by atoms with Gasteiger partial charge in [0.05, 0.1) is 5.56 Å². The van der Waals surface area contributed by atoms with E-state index in [0.717, 1.165) is 31.4 Å². The number of carbonyl (C=O) groups excluding carboxylic acids is 2. The Morgan fingerprint density at radius 2 is 1.83 bits per heavy atom. The third-order valence-corrected chi connectivity index (χ3v) is 4.49. The molecule has 1 amide bonds. The maximum absolute atomic E-state index is 13.0. The fraction of sp³-hybridized carbons (Fsp3) is 0.529. The molecule has 1 saturated carbocycles. The lowest BCUT2D eigenvalue weighted by Gasteiger charge is -2.34. The molecule has 6 heteroatoms. The molecular formula is C17H21F2NO3. The first-order chi connectivity index (χ1) is 10.9. The van der Waals surface area contributed by atoms with Crippen LogP contribution in [-0.2, 0) is 9.53 Å². The molecule has 0 aliphatic heterocycles. The fourth-order valence-corrected chi connectivity index (χ4v) is 2.92. The lowest BCUT2D eigenvalue weighted by Crippen LogP contribution is -2.45. The number of carbonyl (C=O) groups is 2. The number of nitrogens with one attached hydrogen (secondary N) is 1. The van der Waals surface area contributed by atoms with Crippen molar-refractivity contribution in [3.63, 3.8) is 0 Å². The van der Waals surface area contributed by atoms with Gasteiger partial charge in [0.15, 0.2) is 6.61 Å². The van der Waals surface area contributed by atoms with Gasteiger partial charge in [-0.15, -0.1) is 0 Å². The van der Waals surface area contributed by atoms with Gasteiger partial charge in [-0.1, -0.05) is 26.7 Å². The second-order valence-electron chi connectivity index (χ2n) is 6.18. The molecule has 0 unspecified atom stereocenters. The first kappa shape index (κ1) is 17.4. The summed E-state index contributed by atoms with van der Waals surface area (Å²) in [6.07, 6.45) is 3.10. The highest BCUT2D eigenvalue weighted by Crippen LogP contribution is 2.29. The maximum Gasteiger partial charge on any atom is 0.338 e. The van der Waals surface area contributed by atoms with Crippen LogP contribution in [0, 0.1) is 23.5 Å². The van der Waals surface area contributed by atoms with E-state index in [1.54, 1.807) is 0 Å². The van der Waals surface area contributed by atoms with Crippen molar-refractivity contribution in [2.75, 3.05) is 6.61 Å². The zero-order chi connectivity index (χ0) is 17.0. The second kappa shape index (κ2) is 7.53. The van der Waals surface area contributed by atoms with Crippen LogP contribution in [0.4, 0.5) is 8.78 Å². The molecule has 0 radical (unpaired) electrons. The molecule has 1 fully saturated rings. The Labute approximate surface area is 134 Å². The lowest BCUT2D eigenvalue weighted by molar-refractivity contribution is -0.125. The smallest absolute Gasteiger partial charge is 0.338 e. The van der Waals surface area contributed by atoms with Crippen molar-refractivity contribution >= 4 is 11.9 Å². The summed E-state index contributed by atoms with van der Waals surface area (Å²) in [5.74, 6) is -2.17. The molecule has 1 aliphatic carbocycles. The van der Waals surface area contributed by atoms with Gasteiger partial charge >= 0.3 is 5.97 Å². The van der Waals surface area contributed by atoms with Crippen LogP contribution in [0.3, 0.4) is 0 Å². The number of rotatable bonds is 4. The van der Waals surface area contributed by atoms with Crippen LogP contribution in [0.1, 0.15) is 43.5 Å². The molecule has 126 valence electrons. The van der Waals surface area contributed by atoms with Crippen LogP contribution >= 0.6 is 0 Å². The lowest BCUT2D eigenvalue weighted by atomic mass is 9.78. The zero-order valence-electron chi connectivity index (χ0n) is 13.3. The molecule has 1 aromatic carbocycles. The third-order valence-electron chi connectivity index (χ3n) is 4.49. The van der Waals surface area contributed by atoms with Crippen molar-refractivity contribution < 1.29 is 23.1 Å². The average molecular weight is 325 g/mol. The Morgan fingerprint density at radius 3 is 2.48 bits per heavy atom. The summed E-state index contributed by atoms with van der Waals surface area (Å²) in [6, 6.07) is 2.47. The molecule has 3 atom stereocenters. The highest BCUT2D eigenvalue weighted by Gasteiger charge is 2.28. The van der Waals surface area contributed by atoms with E-state index in [1.165, 1.54) is 0 Å². The van der Waals surface area contributed by atoms with Crippen LogP contribution in [0.15, 0.2) is 18.2 Å². The minimum atomic E-state index is -0.927. The van der Waals surface area contributed by atoms with Gasteiger partial charge in [-0.2, -0.15) is 0 Å². The van der Waals surface area contributed by atoms with Gasteiger partial charge in [-0.3, -0.25) is 4.79 Å². The maximum atomic E-state index is 13.0. The summed E-state index contributed by atoms with van der Waals surface area (Å²) in [4.78, 5) is 23.6. The van der Waals surface area contributed by atoms with Crippen LogP contribution in [-0.4, -0.2) is 24.5 Å². The monoisotopic (exact) mass is 325 g/mol. The highest BCUT2D eigenvalue weighted by atomic mass is 19.1. The van der Waals surface area contributed by atoms with Crippen molar-refractivity contribution in [1.29, 1.82) is 0 Å². The first-order valence-electron chi connectivity index (χ1n) is 7.79. The zero-order valence-corrected chi connectivity index (χ0v) is 13.3. The Kier molecular flexibility index (Phi) is 5.69. The minimum absolute atomic E-state index is 0.0663. The van der Waals surface area contributed by atoms with E-state index in [1.807, 2.05) is 0 Å². The van der Waals surface area contributed by atoms with Crippen LogP contribution in [0.25, 0.3) is 0 Å². The molecule has 23 heavy (non-hydrogen) atoms. The molecule has 1 N–H and O–H groups in total. The van der Waals surface area contributed by atoms with Gasteiger partial charge in [-0.05, 0) is 30.4 Å². The van der Waals surface area contributed by atoms with E-state index in [9.17, 15) is 18.4 Å². The summed E-state index contributed by atoms with van der Waals surface area (Å²) in [7, 11) is 0. The van der Waals surface area contributed by atoms with Gasteiger partial charge < -0.3 is 10.1 Å². The van der Waals surface area contributed by atoms with Crippen molar-refractivity contribution in [2.45, 2.75) is 39.2 Å². The molecule has 2 rings (SSSR count). The predicted octanol–water partition coefficient (Wildman–Crippen LogP) is 3.06. The van der Waals surface area contributed by atoms with Crippen LogP contribution in [0.5, 0.6) is 0 Å². The number of hydrogen-bond donors (Lipinski definition) is 1. The predicted molar refractivity (Wildman–Crippen MR) is 80.8 cm³/mol. The van der Waals surface area contributed by atoms with E-state index in [2.05, 4.69) is 19.2 Å².